The fraction of sp³-hybridized carbons (Fsp3) is 0.133. The third-order valence-corrected chi connectivity index (χ3v) is 3.65. The molecule has 1 aliphatic heterocycles. The molecule has 2 aromatic heterocycles. The zero-order chi connectivity index (χ0) is 13.5. The maximum absolute atomic E-state index is 5.89. The summed E-state index contributed by atoms with van der Waals surface area (Å²) in [6.45, 7) is 0.878. The lowest BCUT2D eigenvalue weighted by Crippen LogP contribution is -2.12. The van der Waals surface area contributed by atoms with Gasteiger partial charge in [0.15, 0.2) is 11.6 Å². The van der Waals surface area contributed by atoms with Gasteiger partial charge in [-0.05, 0) is 36.2 Å². The Morgan fingerprint density at radius 2 is 2.00 bits per heavy atom. The molecular formula is C15H13N5. The van der Waals surface area contributed by atoms with Crippen LogP contribution in [0.3, 0.4) is 0 Å². The first-order chi connectivity index (χ1) is 9.83. The average molecular weight is 263 g/mol. The van der Waals surface area contributed by atoms with E-state index in [2.05, 4.69) is 25.8 Å². The number of rotatable bonds is 1. The van der Waals surface area contributed by atoms with Crippen LogP contribution in [-0.2, 0) is 13.0 Å². The number of benzene rings is 1. The molecule has 0 saturated carbocycles. The maximum Gasteiger partial charge on any atom is 0.165 e. The third kappa shape index (κ3) is 1.60. The molecule has 98 valence electrons. The Morgan fingerprint density at radius 3 is 2.85 bits per heavy atom. The minimum absolute atomic E-state index is 0.753. The molecule has 4 rings (SSSR count). The highest BCUT2D eigenvalue weighted by molar-refractivity contribution is 5.69. The van der Waals surface area contributed by atoms with Crippen molar-refractivity contribution in [3.8, 4) is 22.8 Å². The summed E-state index contributed by atoms with van der Waals surface area (Å²) in [7, 11) is 0. The first kappa shape index (κ1) is 11.2. The summed E-state index contributed by atoms with van der Waals surface area (Å²) in [6, 6.07) is 9.90. The predicted molar refractivity (Wildman–Crippen MR) is 76.8 cm³/mol. The van der Waals surface area contributed by atoms with E-state index in [9.17, 15) is 0 Å². The molecule has 0 fully saturated rings. The number of pyridine rings is 1. The lowest BCUT2D eigenvalue weighted by Gasteiger charge is -2.19. The molecule has 0 amide bonds. The van der Waals surface area contributed by atoms with Crippen LogP contribution in [0.2, 0.25) is 0 Å². The number of aryl methyl sites for hydroxylation is 1. The van der Waals surface area contributed by atoms with Crippen LogP contribution in [0.15, 0.2) is 42.7 Å². The van der Waals surface area contributed by atoms with E-state index in [1.807, 2.05) is 30.5 Å². The summed E-state index contributed by atoms with van der Waals surface area (Å²) >= 11 is 0. The van der Waals surface area contributed by atoms with Crippen LogP contribution in [0.25, 0.3) is 22.8 Å². The molecule has 3 heterocycles. The molecule has 1 aromatic carbocycles. The molecule has 0 radical (unpaired) electrons. The molecule has 0 unspecified atom stereocenters. The molecule has 0 spiro atoms. The van der Waals surface area contributed by atoms with Gasteiger partial charge in [0.2, 0.25) is 0 Å². The molecule has 0 aliphatic carbocycles. The molecule has 0 atom stereocenters. The molecular weight excluding hydrogens is 250 g/mol. The SMILES string of the molecule is Nc1ccc2c(c1)-c1nnc(-c3cccnc3)n1CC2. The smallest absolute Gasteiger partial charge is 0.165 e. The van der Waals surface area contributed by atoms with Crippen molar-refractivity contribution in [2.24, 2.45) is 0 Å². The Morgan fingerprint density at radius 1 is 1.10 bits per heavy atom. The number of aromatic nitrogens is 4. The van der Waals surface area contributed by atoms with Crippen molar-refractivity contribution in [3.05, 3.63) is 48.3 Å². The molecule has 3 aromatic rings. The van der Waals surface area contributed by atoms with Crippen molar-refractivity contribution in [1.82, 2.24) is 19.7 Å². The lowest BCUT2D eigenvalue weighted by molar-refractivity contribution is 0.688. The van der Waals surface area contributed by atoms with Crippen LogP contribution in [0.1, 0.15) is 5.56 Å². The van der Waals surface area contributed by atoms with Gasteiger partial charge in [-0.3, -0.25) is 4.98 Å². The van der Waals surface area contributed by atoms with Gasteiger partial charge in [-0.1, -0.05) is 6.07 Å². The van der Waals surface area contributed by atoms with Crippen molar-refractivity contribution in [3.63, 3.8) is 0 Å². The molecule has 2 N–H and O–H groups in total. The van der Waals surface area contributed by atoms with E-state index in [4.69, 9.17) is 5.73 Å². The van der Waals surface area contributed by atoms with Crippen LogP contribution in [-0.4, -0.2) is 19.7 Å². The van der Waals surface area contributed by atoms with Gasteiger partial charge in [0.25, 0.3) is 0 Å². The van der Waals surface area contributed by atoms with E-state index in [-0.39, 0.29) is 0 Å². The van der Waals surface area contributed by atoms with E-state index in [0.717, 1.165) is 41.4 Å². The highest BCUT2D eigenvalue weighted by atomic mass is 15.3. The second kappa shape index (κ2) is 4.16. The normalized spacial score (nSPS) is 12.8. The average Bonchev–Trinajstić information content (AvgIpc) is 2.92. The summed E-state index contributed by atoms with van der Waals surface area (Å²) in [6.07, 6.45) is 4.53. The predicted octanol–water partition coefficient (Wildman–Crippen LogP) is 2.15. The van der Waals surface area contributed by atoms with Gasteiger partial charge in [0.1, 0.15) is 0 Å². The number of anilines is 1. The first-order valence-electron chi connectivity index (χ1n) is 6.55. The van der Waals surface area contributed by atoms with Crippen LogP contribution >= 0.6 is 0 Å². The number of hydrogen-bond donors (Lipinski definition) is 1. The van der Waals surface area contributed by atoms with Crippen molar-refractivity contribution in [1.29, 1.82) is 0 Å². The number of hydrogen-bond acceptors (Lipinski definition) is 4. The van der Waals surface area contributed by atoms with Crippen LogP contribution < -0.4 is 5.73 Å². The zero-order valence-corrected chi connectivity index (χ0v) is 10.8. The first-order valence-corrected chi connectivity index (χ1v) is 6.55. The Bertz CT molecular complexity index is 776. The highest BCUT2D eigenvalue weighted by Gasteiger charge is 2.22. The minimum Gasteiger partial charge on any atom is -0.399 e. The summed E-state index contributed by atoms with van der Waals surface area (Å²) in [4.78, 5) is 4.15. The molecule has 20 heavy (non-hydrogen) atoms. The Labute approximate surface area is 116 Å². The number of nitrogen functional groups attached to an aromatic ring is 1. The minimum atomic E-state index is 0.753. The lowest BCUT2D eigenvalue weighted by atomic mass is 10.00. The standard InChI is InChI=1S/C15H13N5/c16-12-4-3-10-5-7-20-14(11-2-1-6-17-9-11)18-19-15(20)13(10)8-12/h1-4,6,8-9H,5,7,16H2. The Balaban J connectivity index is 1.91. The third-order valence-electron chi connectivity index (χ3n) is 3.65. The van der Waals surface area contributed by atoms with E-state index in [1.54, 1.807) is 6.20 Å². The van der Waals surface area contributed by atoms with Crippen molar-refractivity contribution in [2.45, 2.75) is 13.0 Å². The number of nitrogens with zero attached hydrogens (tertiary/aromatic N) is 4. The van der Waals surface area contributed by atoms with E-state index in [1.165, 1.54) is 5.56 Å². The van der Waals surface area contributed by atoms with Gasteiger partial charge >= 0.3 is 0 Å². The summed E-state index contributed by atoms with van der Waals surface area (Å²) in [5.41, 5.74) is 9.98. The van der Waals surface area contributed by atoms with Crippen molar-refractivity contribution >= 4 is 5.69 Å². The Hall–Kier alpha value is -2.69. The summed E-state index contributed by atoms with van der Waals surface area (Å²) < 4.78 is 2.14. The molecule has 0 saturated heterocycles. The molecule has 0 bridgehead atoms. The second-order valence-electron chi connectivity index (χ2n) is 4.91. The van der Waals surface area contributed by atoms with Gasteiger partial charge in [-0.2, -0.15) is 0 Å². The van der Waals surface area contributed by atoms with Crippen LogP contribution in [0, 0.1) is 0 Å². The monoisotopic (exact) mass is 263 g/mol. The van der Waals surface area contributed by atoms with Gasteiger partial charge < -0.3 is 10.3 Å². The molecule has 5 nitrogen and oxygen atoms in total. The molecule has 1 aliphatic rings. The number of fused-ring (bicyclic) bond motifs is 3. The second-order valence-corrected chi connectivity index (χ2v) is 4.91. The maximum atomic E-state index is 5.89. The largest absolute Gasteiger partial charge is 0.399 e. The van der Waals surface area contributed by atoms with Crippen molar-refractivity contribution < 1.29 is 0 Å². The van der Waals surface area contributed by atoms with Gasteiger partial charge in [0, 0.05) is 35.8 Å². The zero-order valence-electron chi connectivity index (χ0n) is 10.8. The van der Waals surface area contributed by atoms with Crippen LogP contribution in [0.4, 0.5) is 5.69 Å². The summed E-state index contributed by atoms with van der Waals surface area (Å²) in [5, 5.41) is 8.67. The van der Waals surface area contributed by atoms with Crippen LogP contribution in [0.5, 0.6) is 0 Å². The van der Waals surface area contributed by atoms with Gasteiger partial charge in [-0.25, -0.2) is 0 Å². The fourth-order valence-electron chi connectivity index (χ4n) is 2.68. The Kier molecular flexibility index (Phi) is 2.32. The number of nitrogens with two attached hydrogens (primary N) is 1. The quantitative estimate of drug-likeness (QED) is 0.683. The highest BCUT2D eigenvalue weighted by Crippen LogP contribution is 2.32. The summed E-state index contributed by atoms with van der Waals surface area (Å²) in [5.74, 6) is 1.75. The van der Waals surface area contributed by atoms with Crippen molar-refractivity contribution in [2.75, 3.05) is 5.73 Å². The molecule has 5 heteroatoms. The fourth-order valence-corrected chi connectivity index (χ4v) is 2.68. The van der Waals surface area contributed by atoms with E-state index >= 15 is 0 Å². The topological polar surface area (TPSA) is 69.6 Å². The van der Waals surface area contributed by atoms with E-state index < -0.39 is 0 Å². The van der Waals surface area contributed by atoms with Gasteiger partial charge in [-0.15, -0.1) is 10.2 Å². The van der Waals surface area contributed by atoms with Gasteiger partial charge in [0.05, 0.1) is 0 Å². The van der Waals surface area contributed by atoms with E-state index in [0.29, 0.717) is 0 Å².